The maximum absolute atomic E-state index is 4.47. The fourth-order valence-electron chi connectivity index (χ4n) is 2.91. The maximum Gasteiger partial charge on any atom is 0.222 e. The van der Waals surface area contributed by atoms with Gasteiger partial charge in [0.1, 0.15) is 5.82 Å². The van der Waals surface area contributed by atoms with Gasteiger partial charge in [0.15, 0.2) is 0 Å². The number of imidazole rings is 1. The Kier molecular flexibility index (Phi) is 4.91. The first-order valence-electron chi connectivity index (χ1n) is 8.87. The van der Waals surface area contributed by atoms with Crippen molar-refractivity contribution in [3.8, 4) is 11.4 Å². The van der Waals surface area contributed by atoms with Crippen LogP contribution in [-0.4, -0.2) is 29.3 Å². The molecular formula is C20H21N7. The summed E-state index contributed by atoms with van der Waals surface area (Å²) in [6.45, 7) is 1.52. The Morgan fingerprint density at radius 2 is 1.78 bits per heavy atom. The molecule has 0 atom stereocenters. The van der Waals surface area contributed by atoms with Gasteiger partial charge in [-0.25, -0.2) is 15.0 Å². The van der Waals surface area contributed by atoms with Crippen LogP contribution in [0.25, 0.3) is 11.4 Å². The smallest absolute Gasteiger partial charge is 0.222 e. The van der Waals surface area contributed by atoms with Crippen molar-refractivity contribution in [1.29, 1.82) is 0 Å². The highest BCUT2D eigenvalue weighted by Gasteiger charge is 2.08. The van der Waals surface area contributed by atoms with E-state index >= 15 is 0 Å². The molecule has 0 radical (unpaired) electrons. The van der Waals surface area contributed by atoms with Gasteiger partial charge in [-0.3, -0.25) is 4.68 Å². The van der Waals surface area contributed by atoms with Crippen LogP contribution in [0.4, 0.5) is 5.95 Å². The zero-order chi connectivity index (χ0) is 18.5. The van der Waals surface area contributed by atoms with E-state index in [0.29, 0.717) is 12.5 Å². The standard InChI is InChI=1S/C20H21N7/c1-26-15-17(12-25-26)7-9-27-10-8-21-19(27)18-13-23-20(24-14-18)22-11-16-5-3-2-4-6-16/h2-6,8,10,12-15H,7,9,11H2,1H3,(H,22,23,24). The first-order valence-corrected chi connectivity index (χ1v) is 8.87. The number of aromatic nitrogens is 6. The molecule has 0 unspecified atom stereocenters. The summed E-state index contributed by atoms with van der Waals surface area (Å²) in [5.41, 5.74) is 3.29. The van der Waals surface area contributed by atoms with Crippen LogP contribution in [0, 0.1) is 0 Å². The molecule has 0 fully saturated rings. The molecule has 0 aliphatic heterocycles. The number of benzene rings is 1. The zero-order valence-electron chi connectivity index (χ0n) is 15.2. The summed E-state index contributed by atoms with van der Waals surface area (Å²) in [4.78, 5) is 13.3. The van der Waals surface area contributed by atoms with Crippen LogP contribution in [0.2, 0.25) is 0 Å². The van der Waals surface area contributed by atoms with Crippen LogP contribution in [0.3, 0.4) is 0 Å². The van der Waals surface area contributed by atoms with E-state index in [1.165, 1.54) is 11.1 Å². The van der Waals surface area contributed by atoms with Gasteiger partial charge in [-0.15, -0.1) is 0 Å². The third kappa shape index (κ3) is 4.20. The van der Waals surface area contributed by atoms with Gasteiger partial charge in [-0.05, 0) is 17.5 Å². The molecule has 3 heterocycles. The summed E-state index contributed by atoms with van der Waals surface area (Å²) in [6.07, 6.45) is 12.2. The minimum Gasteiger partial charge on any atom is -0.350 e. The number of anilines is 1. The number of rotatable bonds is 7. The highest BCUT2D eigenvalue weighted by molar-refractivity contribution is 5.53. The van der Waals surface area contributed by atoms with Crippen LogP contribution in [0.15, 0.2) is 67.5 Å². The second-order valence-corrected chi connectivity index (χ2v) is 6.35. The van der Waals surface area contributed by atoms with E-state index in [9.17, 15) is 0 Å². The third-order valence-electron chi connectivity index (χ3n) is 4.32. The van der Waals surface area contributed by atoms with Gasteiger partial charge in [0.2, 0.25) is 5.95 Å². The van der Waals surface area contributed by atoms with Crippen LogP contribution < -0.4 is 5.32 Å². The summed E-state index contributed by atoms with van der Waals surface area (Å²) < 4.78 is 3.93. The topological polar surface area (TPSA) is 73.5 Å². The molecule has 0 saturated heterocycles. The molecule has 0 saturated carbocycles. The second-order valence-electron chi connectivity index (χ2n) is 6.35. The third-order valence-corrected chi connectivity index (χ3v) is 4.32. The van der Waals surface area contributed by atoms with E-state index in [2.05, 4.69) is 42.1 Å². The molecule has 136 valence electrons. The minimum absolute atomic E-state index is 0.607. The highest BCUT2D eigenvalue weighted by Crippen LogP contribution is 2.17. The molecule has 1 aromatic carbocycles. The summed E-state index contributed by atoms with van der Waals surface area (Å²) in [5.74, 6) is 1.48. The summed E-state index contributed by atoms with van der Waals surface area (Å²) >= 11 is 0. The van der Waals surface area contributed by atoms with Crippen LogP contribution >= 0.6 is 0 Å². The Morgan fingerprint density at radius 3 is 2.52 bits per heavy atom. The van der Waals surface area contributed by atoms with Crippen LogP contribution in [0.1, 0.15) is 11.1 Å². The van der Waals surface area contributed by atoms with Crippen molar-refractivity contribution < 1.29 is 0 Å². The van der Waals surface area contributed by atoms with Gasteiger partial charge in [0.05, 0.1) is 11.8 Å². The van der Waals surface area contributed by atoms with E-state index in [-0.39, 0.29) is 0 Å². The van der Waals surface area contributed by atoms with Gasteiger partial charge in [-0.1, -0.05) is 30.3 Å². The van der Waals surface area contributed by atoms with Crippen molar-refractivity contribution in [3.05, 3.63) is 78.6 Å². The lowest BCUT2D eigenvalue weighted by Gasteiger charge is -2.08. The summed E-state index contributed by atoms with van der Waals surface area (Å²) in [5, 5.41) is 7.45. The molecular weight excluding hydrogens is 338 g/mol. The van der Waals surface area contributed by atoms with Crippen molar-refractivity contribution in [1.82, 2.24) is 29.3 Å². The predicted octanol–water partition coefficient (Wildman–Crippen LogP) is 2.93. The van der Waals surface area contributed by atoms with E-state index in [1.807, 2.05) is 60.9 Å². The normalized spacial score (nSPS) is 10.9. The lowest BCUT2D eigenvalue weighted by molar-refractivity contribution is 0.701. The lowest BCUT2D eigenvalue weighted by Crippen LogP contribution is -2.05. The Bertz CT molecular complexity index is 987. The van der Waals surface area contributed by atoms with Crippen molar-refractivity contribution in [2.75, 3.05) is 5.32 Å². The molecule has 4 rings (SSSR count). The molecule has 0 bridgehead atoms. The second kappa shape index (κ2) is 7.82. The first-order chi connectivity index (χ1) is 13.3. The molecule has 0 aliphatic rings. The van der Waals surface area contributed by atoms with Gasteiger partial charge < -0.3 is 9.88 Å². The number of hydrogen-bond donors (Lipinski definition) is 1. The number of hydrogen-bond acceptors (Lipinski definition) is 5. The van der Waals surface area contributed by atoms with E-state index in [1.54, 1.807) is 6.20 Å². The fraction of sp³-hybridized carbons (Fsp3) is 0.200. The lowest BCUT2D eigenvalue weighted by atomic mass is 10.2. The van der Waals surface area contributed by atoms with Crippen molar-refractivity contribution >= 4 is 5.95 Å². The van der Waals surface area contributed by atoms with E-state index < -0.39 is 0 Å². The summed E-state index contributed by atoms with van der Waals surface area (Å²) in [7, 11) is 1.93. The van der Waals surface area contributed by atoms with Gasteiger partial charge >= 0.3 is 0 Å². The van der Waals surface area contributed by atoms with Crippen molar-refractivity contribution in [3.63, 3.8) is 0 Å². The number of aryl methyl sites for hydroxylation is 3. The maximum atomic E-state index is 4.47. The fourth-order valence-corrected chi connectivity index (χ4v) is 2.91. The SMILES string of the molecule is Cn1cc(CCn2ccnc2-c2cnc(NCc3ccccc3)nc2)cn1. The Hall–Kier alpha value is -3.48. The highest BCUT2D eigenvalue weighted by atomic mass is 15.2. The van der Waals surface area contributed by atoms with Crippen LogP contribution in [-0.2, 0) is 26.6 Å². The van der Waals surface area contributed by atoms with Gasteiger partial charge in [0, 0.05) is 51.1 Å². The number of nitrogens with one attached hydrogen (secondary N) is 1. The Labute approximate surface area is 157 Å². The molecule has 7 nitrogen and oxygen atoms in total. The molecule has 27 heavy (non-hydrogen) atoms. The molecule has 0 spiro atoms. The van der Waals surface area contributed by atoms with Gasteiger partial charge in [0.25, 0.3) is 0 Å². The van der Waals surface area contributed by atoms with E-state index in [4.69, 9.17) is 0 Å². The number of nitrogens with zero attached hydrogens (tertiary/aromatic N) is 6. The minimum atomic E-state index is 0.607. The monoisotopic (exact) mass is 359 g/mol. The molecule has 0 aliphatic carbocycles. The van der Waals surface area contributed by atoms with E-state index in [0.717, 1.165) is 24.4 Å². The largest absolute Gasteiger partial charge is 0.350 e. The Morgan fingerprint density at radius 1 is 0.963 bits per heavy atom. The average Bonchev–Trinajstić information content (AvgIpc) is 3.34. The molecule has 4 aromatic rings. The first kappa shape index (κ1) is 17.0. The Balaban J connectivity index is 1.41. The van der Waals surface area contributed by atoms with Gasteiger partial charge in [-0.2, -0.15) is 5.10 Å². The van der Waals surface area contributed by atoms with Crippen LogP contribution in [0.5, 0.6) is 0 Å². The predicted molar refractivity (Wildman–Crippen MR) is 104 cm³/mol. The zero-order valence-corrected chi connectivity index (χ0v) is 15.2. The van der Waals surface area contributed by atoms with Crippen molar-refractivity contribution in [2.45, 2.75) is 19.5 Å². The molecule has 1 N–H and O–H groups in total. The summed E-state index contributed by atoms with van der Waals surface area (Å²) in [6, 6.07) is 10.2. The quantitative estimate of drug-likeness (QED) is 0.549. The average molecular weight is 359 g/mol. The van der Waals surface area contributed by atoms with Crippen molar-refractivity contribution in [2.24, 2.45) is 7.05 Å². The molecule has 7 heteroatoms. The molecule has 3 aromatic heterocycles. The molecule has 0 amide bonds.